The largest absolute Gasteiger partial charge is 0.496 e. The van der Waals surface area contributed by atoms with Crippen LogP contribution in [-0.4, -0.2) is 30.5 Å². The number of aliphatic hydroxyl groups excluding tert-OH is 2. The third-order valence-corrected chi connectivity index (χ3v) is 3.19. The molecule has 1 aromatic rings. The molecule has 0 spiro atoms. The molecule has 0 saturated heterocycles. The maximum absolute atomic E-state index is 9.03. The molecule has 96 valence electrons. The highest BCUT2D eigenvalue weighted by molar-refractivity contribution is 5.41. The highest BCUT2D eigenvalue weighted by Crippen LogP contribution is 2.24. The lowest BCUT2D eigenvalue weighted by Crippen LogP contribution is -2.12. The molecule has 1 rings (SSSR count). The zero-order valence-corrected chi connectivity index (χ0v) is 10.9. The van der Waals surface area contributed by atoms with Gasteiger partial charge in [0.1, 0.15) is 5.75 Å². The van der Waals surface area contributed by atoms with Crippen molar-refractivity contribution in [3.63, 3.8) is 0 Å². The van der Waals surface area contributed by atoms with Gasteiger partial charge in [-0.05, 0) is 49.4 Å². The number of hydrogen-bond donors (Lipinski definition) is 2. The van der Waals surface area contributed by atoms with Gasteiger partial charge in [-0.1, -0.05) is 6.07 Å². The number of hydrogen-bond acceptors (Lipinski definition) is 3. The first-order chi connectivity index (χ1) is 8.12. The average molecular weight is 238 g/mol. The lowest BCUT2D eigenvalue weighted by Gasteiger charge is -2.14. The van der Waals surface area contributed by atoms with E-state index in [9.17, 15) is 0 Å². The fourth-order valence-corrected chi connectivity index (χ4v) is 1.94. The molecule has 0 fully saturated rings. The van der Waals surface area contributed by atoms with Gasteiger partial charge < -0.3 is 14.9 Å². The Labute approximate surface area is 103 Å². The van der Waals surface area contributed by atoms with E-state index < -0.39 is 0 Å². The Morgan fingerprint density at radius 3 is 2.29 bits per heavy atom. The molecule has 3 heteroatoms. The van der Waals surface area contributed by atoms with Gasteiger partial charge >= 0.3 is 0 Å². The summed E-state index contributed by atoms with van der Waals surface area (Å²) in [5.41, 5.74) is 3.58. The number of aliphatic hydroxyl groups is 2. The first-order valence-electron chi connectivity index (χ1n) is 5.98. The molecule has 17 heavy (non-hydrogen) atoms. The van der Waals surface area contributed by atoms with Crippen LogP contribution >= 0.6 is 0 Å². The molecule has 0 aliphatic heterocycles. The summed E-state index contributed by atoms with van der Waals surface area (Å²) in [6, 6.07) is 4.16. The smallest absolute Gasteiger partial charge is 0.122 e. The molecule has 1 aromatic carbocycles. The van der Waals surface area contributed by atoms with Gasteiger partial charge in [-0.25, -0.2) is 0 Å². The van der Waals surface area contributed by atoms with E-state index in [1.54, 1.807) is 7.11 Å². The van der Waals surface area contributed by atoms with Crippen LogP contribution in [-0.2, 0) is 6.42 Å². The van der Waals surface area contributed by atoms with E-state index in [-0.39, 0.29) is 19.1 Å². The molecule has 0 aromatic heterocycles. The van der Waals surface area contributed by atoms with Gasteiger partial charge in [-0.15, -0.1) is 0 Å². The van der Waals surface area contributed by atoms with Gasteiger partial charge in [-0.2, -0.15) is 0 Å². The molecule has 0 aliphatic carbocycles. The number of aryl methyl sites for hydroxylation is 3. The zero-order valence-electron chi connectivity index (χ0n) is 10.9. The molecule has 0 heterocycles. The lowest BCUT2D eigenvalue weighted by molar-refractivity contribution is 0.144. The van der Waals surface area contributed by atoms with Crippen LogP contribution in [0.1, 0.15) is 23.1 Å². The van der Waals surface area contributed by atoms with Gasteiger partial charge in [0, 0.05) is 19.1 Å². The quantitative estimate of drug-likeness (QED) is 0.795. The van der Waals surface area contributed by atoms with Crippen LogP contribution in [0.3, 0.4) is 0 Å². The highest BCUT2D eigenvalue weighted by atomic mass is 16.5. The number of benzene rings is 1. The van der Waals surface area contributed by atoms with E-state index in [1.807, 2.05) is 13.0 Å². The summed E-state index contributed by atoms with van der Waals surface area (Å²) in [6.07, 6.45) is 1.68. The van der Waals surface area contributed by atoms with Crippen LogP contribution in [0.25, 0.3) is 0 Å². The van der Waals surface area contributed by atoms with E-state index in [4.69, 9.17) is 14.9 Å². The Balaban J connectivity index is 2.75. The summed E-state index contributed by atoms with van der Waals surface area (Å²) in [5.74, 6) is 0.893. The van der Waals surface area contributed by atoms with Crippen LogP contribution in [0.15, 0.2) is 12.1 Å². The van der Waals surface area contributed by atoms with Crippen molar-refractivity contribution < 1.29 is 14.9 Å². The first-order valence-corrected chi connectivity index (χ1v) is 5.98. The number of methoxy groups -OCH3 is 1. The summed E-state index contributed by atoms with van der Waals surface area (Å²) < 4.78 is 5.27. The van der Waals surface area contributed by atoms with E-state index in [0.717, 1.165) is 24.2 Å². The summed E-state index contributed by atoms with van der Waals surface area (Å²) in [7, 11) is 1.68. The second-order valence-corrected chi connectivity index (χ2v) is 4.52. The summed E-state index contributed by atoms with van der Waals surface area (Å²) in [6.45, 7) is 4.18. The SMILES string of the molecule is COc1cc(C)c(CCC(CO)CO)cc1C. The summed E-state index contributed by atoms with van der Waals surface area (Å²) >= 11 is 0. The van der Waals surface area contributed by atoms with Crippen molar-refractivity contribution in [1.29, 1.82) is 0 Å². The van der Waals surface area contributed by atoms with Crippen molar-refractivity contribution in [2.75, 3.05) is 20.3 Å². The predicted molar refractivity (Wildman–Crippen MR) is 68.5 cm³/mol. The van der Waals surface area contributed by atoms with Crippen molar-refractivity contribution in [3.05, 3.63) is 28.8 Å². The van der Waals surface area contributed by atoms with Crippen molar-refractivity contribution >= 4 is 0 Å². The molecule has 0 bridgehead atoms. The van der Waals surface area contributed by atoms with Crippen LogP contribution < -0.4 is 4.74 Å². The van der Waals surface area contributed by atoms with E-state index in [1.165, 1.54) is 11.1 Å². The predicted octanol–water partition coefficient (Wildman–Crippen LogP) is 1.85. The Morgan fingerprint density at radius 2 is 1.76 bits per heavy atom. The Bertz CT molecular complexity index is 357. The van der Waals surface area contributed by atoms with Crippen LogP contribution in [0.2, 0.25) is 0 Å². The normalized spacial score (nSPS) is 10.9. The molecule has 2 N–H and O–H groups in total. The molecule has 0 atom stereocenters. The topological polar surface area (TPSA) is 49.7 Å². The molecular formula is C14H22O3. The fraction of sp³-hybridized carbons (Fsp3) is 0.571. The summed E-state index contributed by atoms with van der Waals surface area (Å²) in [4.78, 5) is 0. The van der Waals surface area contributed by atoms with Gasteiger partial charge in [-0.3, -0.25) is 0 Å². The van der Waals surface area contributed by atoms with Crippen LogP contribution in [0, 0.1) is 19.8 Å². The minimum atomic E-state index is -0.0168. The van der Waals surface area contributed by atoms with E-state index >= 15 is 0 Å². The van der Waals surface area contributed by atoms with Gasteiger partial charge in [0.05, 0.1) is 7.11 Å². The second kappa shape index (κ2) is 6.62. The van der Waals surface area contributed by atoms with E-state index in [0.29, 0.717) is 0 Å². The van der Waals surface area contributed by atoms with Crippen molar-refractivity contribution in [2.24, 2.45) is 5.92 Å². The molecule has 0 radical (unpaired) electrons. The molecule has 3 nitrogen and oxygen atoms in total. The van der Waals surface area contributed by atoms with Crippen LogP contribution in [0.5, 0.6) is 5.75 Å². The average Bonchev–Trinajstić information content (AvgIpc) is 2.34. The summed E-state index contributed by atoms with van der Waals surface area (Å²) in [5, 5.41) is 18.1. The standard InChI is InChI=1S/C14H22O3/c1-10-7-14(17-3)11(2)6-13(10)5-4-12(8-15)9-16/h6-7,12,15-16H,4-5,8-9H2,1-3H3. The molecule has 0 amide bonds. The molecule has 0 unspecified atom stereocenters. The number of ether oxygens (including phenoxy) is 1. The van der Waals surface area contributed by atoms with Gasteiger partial charge in [0.25, 0.3) is 0 Å². The van der Waals surface area contributed by atoms with Gasteiger partial charge in [0.2, 0.25) is 0 Å². The maximum atomic E-state index is 9.03. The lowest BCUT2D eigenvalue weighted by atomic mass is 9.96. The van der Waals surface area contributed by atoms with Gasteiger partial charge in [0.15, 0.2) is 0 Å². The highest BCUT2D eigenvalue weighted by Gasteiger charge is 2.09. The third-order valence-electron chi connectivity index (χ3n) is 3.19. The maximum Gasteiger partial charge on any atom is 0.122 e. The van der Waals surface area contributed by atoms with E-state index in [2.05, 4.69) is 13.0 Å². The minimum Gasteiger partial charge on any atom is -0.496 e. The second-order valence-electron chi connectivity index (χ2n) is 4.52. The monoisotopic (exact) mass is 238 g/mol. The fourth-order valence-electron chi connectivity index (χ4n) is 1.94. The van der Waals surface area contributed by atoms with Crippen LogP contribution in [0.4, 0.5) is 0 Å². The Hall–Kier alpha value is -1.06. The molecule has 0 aliphatic rings. The van der Waals surface area contributed by atoms with Crippen molar-refractivity contribution in [3.8, 4) is 5.75 Å². The van der Waals surface area contributed by atoms with Crippen molar-refractivity contribution in [2.45, 2.75) is 26.7 Å². The minimum absolute atomic E-state index is 0.0168. The third kappa shape index (κ3) is 3.72. The zero-order chi connectivity index (χ0) is 12.8. The Morgan fingerprint density at radius 1 is 1.12 bits per heavy atom. The number of rotatable bonds is 6. The first kappa shape index (κ1) is 14.0. The Kier molecular flexibility index (Phi) is 5.45. The molecule has 0 saturated carbocycles. The van der Waals surface area contributed by atoms with Crippen molar-refractivity contribution in [1.82, 2.24) is 0 Å². The molecular weight excluding hydrogens is 216 g/mol.